The first-order valence-electron chi connectivity index (χ1n) is 6.58. The van der Waals surface area contributed by atoms with Crippen molar-refractivity contribution in [2.45, 2.75) is 25.3 Å². The summed E-state index contributed by atoms with van der Waals surface area (Å²) in [6.45, 7) is 0.575. The number of nitrogens with one attached hydrogen (secondary N) is 2. The highest BCUT2D eigenvalue weighted by atomic mass is 19.1. The van der Waals surface area contributed by atoms with Crippen LogP contribution in [0.3, 0.4) is 0 Å². The van der Waals surface area contributed by atoms with E-state index in [4.69, 9.17) is 5.84 Å². The molecule has 1 fully saturated rings. The van der Waals surface area contributed by atoms with Gasteiger partial charge in [-0.1, -0.05) is 12.1 Å². The van der Waals surface area contributed by atoms with Gasteiger partial charge in [0.15, 0.2) is 0 Å². The summed E-state index contributed by atoms with van der Waals surface area (Å²) in [7, 11) is 0. The highest BCUT2D eigenvalue weighted by Crippen LogP contribution is 2.38. The smallest absolute Gasteiger partial charge is 0.145 e. The normalized spacial score (nSPS) is 14.1. The lowest BCUT2D eigenvalue weighted by molar-refractivity contribution is 0.627. The number of hydrogen-bond acceptors (Lipinski definition) is 5. The highest BCUT2D eigenvalue weighted by Gasteiger charge is 2.27. The summed E-state index contributed by atoms with van der Waals surface area (Å²) in [5.41, 5.74) is 3.54. The van der Waals surface area contributed by atoms with Gasteiger partial charge < -0.3 is 10.7 Å². The van der Waals surface area contributed by atoms with E-state index in [9.17, 15) is 4.39 Å². The van der Waals surface area contributed by atoms with Crippen molar-refractivity contribution >= 4 is 11.6 Å². The Bertz CT molecular complexity index is 595. The molecule has 1 saturated carbocycles. The van der Waals surface area contributed by atoms with Crippen LogP contribution in [0, 0.1) is 5.82 Å². The highest BCUT2D eigenvalue weighted by molar-refractivity contribution is 5.47. The molecule has 1 aliphatic carbocycles. The molecule has 6 heteroatoms. The molecular formula is C14H16FN5. The summed E-state index contributed by atoms with van der Waals surface area (Å²) in [5.74, 6) is 7.78. The molecule has 1 aromatic heterocycles. The number of benzene rings is 1. The summed E-state index contributed by atoms with van der Waals surface area (Å²) < 4.78 is 12.8. The molecule has 0 unspecified atom stereocenters. The fraction of sp³-hybridized carbons (Fsp3) is 0.286. The summed E-state index contributed by atoms with van der Waals surface area (Å²) >= 11 is 0. The largest absolute Gasteiger partial charge is 0.366 e. The van der Waals surface area contributed by atoms with E-state index in [2.05, 4.69) is 20.7 Å². The number of nitrogens with zero attached hydrogens (tertiary/aromatic N) is 2. The predicted octanol–water partition coefficient (Wildman–Crippen LogP) is 2.39. The maximum absolute atomic E-state index is 12.8. The van der Waals surface area contributed by atoms with Crippen LogP contribution in [0.5, 0.6) is 0 Å². The number of aromatic nitrogens is 2. The van der Waals surface area contributed by atoms with Crippen LogP contribution in [0.4, 0.5) is 16.0 Å². The molecule has 0 saturated heterocycles. The Labute approximate surface area is 116 Å². The van der Waals surface area contributed by atoms with Crippen LogP contribution in [0.2, 0.25) is 0 Å². The first kappa shape index (κ1) is 12.8. The van der Waals surface area contributed by atoms with Crippen molar-refractivity contribution in [1.29, 1.82) is 0 Å². The van der Waals surface area contributed by atoms with E-state index in [0.717, 1.165) is 30.0 Å². The van der Waals surface area contributed by atoms with Crippen molar-refractivity contribution in [2.75, 3.05) is 10.7 Å². The SMILES string of the molecule is NNc1cc(NCc2ccc(F)cc2)nc(C2CC2)n1. The zero-order valence-corrected chi connectivity index (χ0v) is 10.9. The van der Waals surface area contributed by atoms with Crippen LogP contribution in [0.1, 0.15) is 30.1 Å². The van der Waals surface area contributed by atoms with Crippen LogP contribution < -0.4 is 16.6 Å². The second-order valence-electron chi connectivity index (χ2n) is 4.90. The lowest BCUT2D eigenvalue weighted by Crippen LogP contribution is -2.12. The Kier molecular flexibility index (Phi) is 3.47. The standard InChI is InChI=1S/C14H16FN5/c15-11-5-1-9(2-6-11)8-17-12-7-13(20-16)19-14(18-12)10-3-4-10/h1-2,5-7,10H,3-4,8,16H2,(H2,17,18,19,20). The molecule has 1 heterocycles. The van der Waals surface area contributed by atoms with Gasteiger partial charge in [0, 0.05) is 18.5 Å². The average molecular weight is 273 g/mol. The number of anilines is 2. The molecule has 0 atom stereocenters. The quantitative estimate of drug-likeness (QED) is 0.576. The number of nitrogen functional groups attached to an aromatic ring is 1. The molecule has 0 spiro atoms. The third-order valence-electron chi connectivity index (χ3n) is 3.22. The lowest BCUT2D eigenvalue weighted by Gasteiger charge is -2.09. The van der Waals surface area contributed by atoms with E-state index >= 15 is 0 Å². The fourth-order valence-electron chi connectivity index (χ4n) is 1.95. The van der Waals surface area contributed by atoms with Crippen LogP contribution >= 0.6 is 0 Å². The van der Waals surface area contributed by atoms with Gasteiger partial charge in [0.2, 0.25) is 0 Å². The van der Waals surface area contributed by atoms with E-state index in [-0.39, 0.29) is 5.82 Å². The van der Waals surface area contributed by atoms with Gasteiger partial charge in [-0.05, 0) is 30.5 Å². The van der Waals surface area contributed by atoms with Crippen molar-refractivity contribution in [2.24, 2.45) is 5.84 Å². The molecule has 2 aromatic rings. The topological polar surface area (TPSA) is 75.9 Å². The molecule has 1 aliphatic rings. The summed E-state index contributed by atoms with van der Waals surface area (Å²) in [6.07, 6.45) is 2.26. The summed E-state index contributed by atoms with van der Waals surface area (Å²) in [4.78, 5) is 8.83. The monoisotopic (exact) mass is 273 g/mol. The zero-order valence-electron chi connectivity index (χ0n) is 10.9. The van der Waals surface area contributed by atoms with E-state index in [1.54, 1.807) is 18.2 Å². The molecule has 0 bridgehead atoms. The number of nitrogens with two attached hydrogens (primary N) is 1. The third kappa shape index (κ3) is 3.03. The van der Waals surface area contributed by atoms with E-state index in [0.29, 0.717) is 18.3 Å². The predicted molar refractivity (Wildman–Crippen MR) is 75.5 cm³/mol. The molecule has 3 rings (SSSR count). The van der Waals surface area contributed by atoms with Crippen molar-refractivity contribution < 1.29 is 4.39 Å². The van der Waals surface area contributed by atoms with Crippen molar-refractivity contribution in [1.82, 2.24) is 9.97 Å². The van der Waals surface area contributed by atoms with Gasteiger partial charge in [-0.3, -0.25) is 0 Å². The summed E-state index contributed by atoms with van der Waals surface area (Å²) in [5, 5.41) is 3.21. The van der Waals surface area contributed by atoms with Gasteiger partial charge >= 0.3 is 0 Å². The van der Waals surface area contributed by atoms with Gasteiger partial charge in [0.25, 0.3) is 0 Å². The van der Waals surface area contributed by atoms with Crippen LogP contribution in [-0.4, -0.2) is 9.97 Å². The van der Waals surface area contributed by atoms with E-state index in [1.807, 2.05) is 0 Å². The van der Waals surface area contributed by atoms with Gasteiger partial charge in [0.1, 0.15) is 23.3 Å². The zero-order chi connectivity index (χ0) is 13.9. The Morgan fingerprint density at radius 3 is 2.50 bits per heavy atom. The maximum atomic E-state index is 12.8. The molecule has 1 aromatic carbocycles. The van der Waals surface area contributed by atoms with Crippen LogP contribution in [0.25, 0.3) is 0 Å². The molecule has 104 valence electrons. The molecule has 0 aliphatic heterocycles. The number of rotatable bonds is 5. The lowest BCUT2D eigenvalue weighted by atomic mass is 10.2. The Morgan fingerprint density at radius 2 is 1.85 bits per heavy atom. The molecular weight excluding hydrogens is 257 g/mol. The van der Waals surface area contributed by atoms with Crippen molar-refractivity contribution in [3.05, 3.63) is 47.5 Å². The van der Waals surface area contributed by atoms with Gasteiger partial charge in [-0.25, -0.2) is 20.2 Å². The van der Waals surface area contributed by atoms with Crippen molar-refractivity contribution in [3.8, 4) is 0 Å². The minimum Gasteiger partial charge on any atom is -0.366 e. The Balaban J connectivity index is 1.72. The van der Waals surface area contributed by atoms with E-state index in [1.165, 1.54) is 12.1 Å². The maximum Gasteiger partial charge on any atom is 0.145 e. The molecule has 5 nitrogen and oxygen atoms in total. The molecule has 20 heavy (non-hydrogen) atoms. The minimum absolute atomic E-state index is 0.235. The summed E-state index contributed by atoms with van der Waals surface area (Å²) in [6, 6.07) is 8.13. The Morgan fingerprint density at radius 1 is 1.15 bits per heavy atom. The van der Waals surface area contributed by atoms with Crippen LogP contribution in [0.15, 0.2) is 30.3 Å². The first-order chi connectivity index (χ1) is 9.74. The molecule has 0 amide bonds. The third-order valence-corrected chi connectivity index (χ3v) is 3.22. The molecule has 0 radical (unpaired) electrons. The average Bonchev–Trinajstić information content (AvgIpc) is 3.31. The van der Waals surface area contributed by atoms with Crippen LogP contribution in [-0.2, 0) is 6.54 Å². The number of hydrogen-bond donors (Lipinski definition) is 3. The van der Waals surface area contributed by atoms with Gasteiger partial charge in [-0.2, -0.15) is 0 Å². The Hall–Kier alpha value is -2.21. The molecule has 4 N–H and O–H groups in total. The van der Waals surface area contributed by atoms with Crippen molar-refractivity contribution in [3.63, 3.8) is 0 Å². The van der Waals surface area contributed by atoms with Gasteiger partial charge in [0.05, 0.1) is 0 Å². The number of halogens is 1. The number of hydrazine groups is 1. The van der Waals surface area contributed by atoms with E-state index < -0.39 is 0 Å². The minimum atomic E-state index is -0.235. The fourth-order valence-corrected chi connectivity index (χ4v) is 1.95. The second kappa shape index (κ2) is 5.42. The van der Waals surface area contributed by atoms with Gasteiger partial charge in [-0.15, -0.1) is 0 Å². The first-order valence-corrected chi connectivity index (χ1v) is 6.58. The second-order valence-corrected chi connectivity index (χ2v) is 4.90.